The van der Waals surface area contributed by atoms with Crippen molar-refractivity contribution in [2.45, 2.75) is 32.4 Å². The summed E-state index contributed by atoms with van der Waals surface area (Å²) in [4.78, 5) is 0. The molecule has 0 saturated heterocycles. The number of hydrogen-bond acceptors (Lipinski definition) is 4. The molecule has 78 valence electrons. The van der Waals surface area contributed by atoms with Gasteiger partial charge < -0.3 is 21.0 Å². The Morgan fingerprint density at radius 2 is 2.23 bits per heavy atom. The van der Waals surface area contributed by atoms with Crippen LogP contribution in [0.15, 0.2) is 5.16 Å². The predicted octanol–water partition coefficient (Wildman–Crippen LogP) is 0.136. The number of nitrogens with zero attached hydrogens (tertiary/aromatic N) is 1. The summed E-state index contributed by atoms with van der Waals surface area (Å²) in [6.45, 7) is 4.71. The molecule has 2 atom stereocenters. The fraction of sp³-hybridized carbons (Fsp3) is 0.875. The second-order valence-electron chi connectivity index (χ2n) is 3.15. The van der Waals surface area contributed by atoms with Crippen LogP contribution in [0.4, 0.5) is 0 Å². The monoisotopic (exact) mass is 189 g/mol. The topological polar surface area (TPSA) is 79.9 Å². The maximum Gasteiger partial charge on any atom is 0.140 e. The molecule has 0 rings (SSSR count). The molecular formula is C8H19N3O2. The highest BCUT2D eigenvalue weighted by molar-refractivity contribution is 5.80. The fourth-order valence-corrected chi connectivity index (χ4v) is 0.877. The van der Waals surface area contributed by atoms with Crippen LogP contribution in [0.5, 0.6) is 0 Å². The lowest BCUT2D eigenvalue weighted by atomic mass is 10.2. The van der Waals surface area contributed by atoms with E-state index in [4.69, 9.17) is 15.7 Å². The second kappa shape index (κ2) is 6.68. The minimum atomic E-state index is 0.176. The minimum Gasteiger partial charge on any atom is -0.409 e. The number of rotatable bonds is 6. The first-order valence-electron chi connectivity index (χ1n) is 4.32. The van der Waals surface area contributed by atoms with Gasteiger partial charge in [-0.25, -0.2) is 0 Å². The zero-order valence-electron chi connectivity index (χ0n) is 8.45. The van der Waals surface area contributed by atoms with Crippen LogP contribution in [0.25, 0.3) is 0 Å². The Bertz CT molecular complexity index is 161. The zero-order chi connectivity index (χ0) is 10.3. The number of amidine groups is 1. The van der Waals surface area contributed by atoms with E-state index < -0.39 is 0 Å². The van der Waals surface area contributed by atoms with Gasteiger partial charge in [0.25, 0.3) is 0 Å². The third kappa shape index (κ3) is 6.36. The zero-order valence-corrected chi connectivity index (χ0v) is 8.45. The van der Waals surface area contributed by atoms with Crippen LogP contribution >= 0.6 is 0 Å². The number of hydrogen-bond donors (Lipinski definition) is 3. The molecule has 5 heteroatoms. The summed E-state index contributed by atoms with van der Waals surface area (Å²) in [5.74, 6) is 0.241. The van der Waals surface area contributed by atoms with E-state index in [0.29, 0.717) is 6.42 Å². The largest absolute Gasteiger partial charge is 0.409 e. The van der Waals surface area contributed by atoms with E-state index in [1.54, 1.807) is 7.11 Å². The Balaban J connectivity index is 3.57. The molecule has 0 aliphatic heterocycles. The van der Waals surface area contributed by atoms with Crippen LogP contribution in [-0.2, 0) is 4.74 Å². The first-order valence-corrected chi connectivity index (χ1v) is 4.32. The molecule has 0 aliphatic carbocycles. The van der Waals surface area contributed by atoms with E-state index in [0.717, 1.165) is 6.54 Å². The van der Waals surface area contributed by atoms with Gasteiger partial charge in [-0.15, -0.1) is 0 Å². The van der Waals surface area contributed by atoms with Crippen LogP contribution in [0.2, 0.25) is 0 Å². The highest BCUT2D eigenvalue weighted by atomic mass is 16.5. The molecule has 0 aliphatic rings. The van der Waals surface area contributed by atoms with Crippen LogP contribution < -0.4 is 11.1 Å². The van der Waals surface area contributed by atoms with Gasteiger partial charge in [0.2, 0.25) is 0 Å². The summed E-state index contributed by atoms with van der Waals surface area (Å²) in [7, 11) is 1.67. The minimum absolute atomic E-state index is 0.176. The van der Waals surface area contributed by atoms with Crippen molar-refractivity contribution in [2.75, 3.05) is 13.7 Å². The van der Waals surface area contributed by atoms with Crippen molar-refractivity contribution in [3.63, 3.8) is 0 Å². The van der Waals surface area contributed by atoms with E-state index in [1.165, 1.54) is 0 Å². The van der Waals surface area contributed by atoms with Crippen LogP contribution in [-0.4, -0.2) is 36.8 Å². The van der Waals surface area contributed by atoms with Crippen molar-refractivity contribution in [3.8, 4) is 0 Å². The first-order chi connectivity index (χ1) is 6.10. The van der Waals surface area contributed by atoms with E-state index >= 15 is 0 Å². The van der Waals surface area contributed by atoms with Gasteiger partial charge in [0.15, 0.2) is 0 Å². The van der Waals surface area contributed by atoms with Gasteiger partial charge in [-0.3, -0.25) is 0 Å². The normalized spacial score (nSPS) is 17.0. The SMILES string of the molecule is COC(C)CNC(C)CC(N)=NO. The molecule has 0 heterocycles. The molecule has 0 aromatic heterocycles. The Labute approximate surface area is 78.9 Å². The molecule has 0 saturated carbocycles. The summed E-state index contributed by atoms with van der Waals surface area (Å²) in [6.07, 6.45) is 0.710. The van der Waals surface area contributed by atoms with Gasteiger partial charge in [-0.1, -0.05) is 5.16 Å². The molecule has 5 nitrogen and oxygen atoms in total. The van der Waals surface area contributed by atoms with Crippen molar-refractivity contribution in [3.05, 3.63) is 0 Å². The van der Waals surface area contributed by atoms with Gasteiger partial charge in [-0.05, 0) is 13.8 Å². The van der Waals surface area contributed by atoms with Crippen molar-refractivity contribution in [2.24, 2.45) is 10.9 Å². The molecule has 0 fully saturated rings. The quantitative estimate of drug-likeness (QED) is 0.240. The first kappa shape index (κ1) is 12.2. The molecular weight excluding hydrogens is 170 g/mol. The lowest BCUT2D eigenvalue weighted by Gasteiger charge is -2.15. The van der Waals surface area contributed by atoms with E-state index in [1.807, 2.05) is 13.8 Å². The lowest BCUT2D eigenvalue weighted by molar-refractivity contribution is 0.115. The van der Waals surface area contributed by atoms with Gasteiger partial charge in [-0.2, -0.15) is 0 Å². The smallest absolute Gasteiger partial charge is 0.140 e. The molecule has 0 aromatic carbocycles. The van der Waals surface area contributed by atoms with Gasteiger partial charge in [0.1, 0.15) is 5.84 Å². The van der Waals surface area contributed by atoms with Gasteiger partial charge >= 0.3 is 0 Å². The number of nitrogens with two attached hydrogens (primary N) is 1. The summed E-state index contributed by atoms with van der Waals surface area (Å²) >= 11 is 0. The molecule has 0 spiro atoms. The Morgan fingerprint density at radius 3 is 2.69 bits per heavy atom. The molecule has 0 amide bonds. The van der Waals surface area contributed by atoms with Crippen molar-refractivity contribution in [1.29, 1.82) is 0 Å². The van der Waals surface area contributed by atoms with Crippen LogP contribution in [0, 0.1) is 0 Å². The lowest BCUT2D eigenvalue weighted by Crippen LogP contribution is -2.36. The van der Waals surface area contributed by atoms with E-state index in [2.05, 4.69) is 10.5 Å². The standard InChI is InChI=1S/C8H19N3O2/c1-6(4-8(9)11-12)10-5-7(2)13-3/h6-7,10,12H,4-5H2,1-3H3,(H2,9,11). The Kier molecular flexibility index (Phi) is 6.26. The number of ether oxygens (including phenoxy) is 1. The molecule has 0 bridgehead atoms. The Hall–Kier alpha value is -0.810. The number of oxime groups is 1. The maximum absolute atomic E-state index is 8.32. The van der Waals surface area contributed by atoms with Gasteiger partial charge in [0.05, 0.1) is 6.10 Å². The summed E-state index contributed by atoms with van der Waals surface area (Å²) in [6, 6.07) is 0.188. The molecule has 0 radical (unpaired) electrons. The van der Waals surface area contributed by atoms with E-state index in [-0.39, 0.29) is 18.0 Å². The molecule has 13 heavy (non-hydrogen) atoms. The Morgan fingerprint density at radius 1 is 1.62 bits per heavy atom. The maximum atomic E-state index is 8.32. The summed E-state index contributed by atoms with van der Waals surface area (Å²) < 4.78 is 5.06. The highest BCUT2D eigenvalue weighted by Crippen LogP contribution is 1.92. The van der Waals surface area contributed by atoms with Crippen molar-refractivity contribution >= 4 is 5.84 Å². The molecule has 0 aromatic rings. The van der Waals surface area contributed by atoms with E-state index in [9.17, 15) is 0 Å². The highest BCUT2D eigenvalue weighted by Gasteiger charge is 2.06. The second-order valence-corrected chi connectivity index (χ2v) is 3.15. The predicted molar refractivity (Wildman–Crippen MR) is 52.0 cm³/mol. The van der Waals surface area contributed by atoms with Crippen LogP contribution in [0.3, 0.4) is 0 Å². The van der Waals surface area contributed by atoms with Gasteiger partial charge in [0, 0.05) is 26.1 Å². The third-order valence-corrected chi connectivity index (χ3v) is 1.80. The summed E-state index contributed by atoms with van der Waals surface area (Å²) in [5, 5.41) is 14.4. The third-order valence-electron chi connectivity index (χ3n) is 1.80. The van der Waals surface area contributed by atoms with Crippen LogP contribution in [0.1, 0.15) is 20.3 Å². The van der Waals surface area contributed by atoms with Crippen molar-refractivity contribution in [1.82, 2.24) is 5.32 Å². The summed E-state index contributed by atoms with van der Waals surface area (Å²) in [5.41, 5.74) is 5.34. The van der Waals surface area contributed by atoms with Crippen molar-refractivity contribution < 1.29 is 9.94 Å². The fourth-order valence-electron chi connectivity index (χ4n) is 0.877. The number of nitrogens with one attached hydrogen (secondary N) is 1. The molecule has 2 unspecified atom stereocenters. The molecule has 4 N–H and O–H groups in total. The average Bonchev–Trinajstić information content (AvgIpc) is 2.13. The number of methoxy groups -OCH3 is 1. The average molecular weight is 189 g/mol.